The molecule has 3 nitrogen and oxygen atoms in total. The first-order valence-electron chi connectivity index (χ1n) is 8.49. The molecule has 2 aromatic carbocycles. The molecule has 1 N–H and O–H groups in total. The van der Waals surface area contributed by atoms with Crippen LogP contribution in [0.15, 0.2) is 60.7 Å². The first-order chi connectivity index (χ1) is 11.4. The molecule has 2 aromatic rings. The number of piperidine rings is 1. The summed E-state index contributed by atoms with van der Waals surface area (Å²) in [6.07, 6.45) is 3.39. The van der Waals surface area contributed by atoms with Gasteiger partial charge in [-0.1, -0.05) is 60.7 Å². The normalized spacial score (nSPS) is 19.1. The highest BCUT2D eigenvalue weighted by atomic mass is 16.5. The Bertz CT molecular complexity index is 531. The van der Waals surface area contributed by atoms with Gasteiger partial charge in [0.05, 0.1) is 6.61 Å². The van der Waals surface area contributed by atoms with E-state index in [0.717, 1.165) is 13.0 Å². The number of hydrogen-bond donors (Lipinski definition) is 1. The standard InChI is InChI=1S/C20H25NO2/c22-16-15-21-14-8-7-13-19(21)23-20(17-9-3-1-4-10-17)18-11-5-2-6-12-18/h1-6,9-12,19-20,22H,7-8,13-16H2. The zero-order valence-electron chi connectivity index (χ0n) is 13.5. The molecule has 1 unspecified atom stereocenters. The number of ether oxygens (including phenoxy) is 1. The van der Waals surface area contributed by atoms with Crippen molar-refractivity contribution < 1.29 is 9.84 Å². The molecule has 1 aliphatic rings. The zero-order valence-corrected chi connectivity index (χ0v) is 13.5. The largest absolute Gasteiger partial charge is 0.395 e. The minimum absolute atomic E-state index is 0.0679. The molecule has 0 aliphatic carbocycles. The van der Waals surface area contributed by atoms with Crippen LogP contribution >= 0.6 is 0 Å². The predicted molar refractivity (Wildman–Crippen MR) is 92.1 cm³/mol. The fourth-order valence-electron chi connectivity index (χ4n) is 3.26. The van der Waals surface area contributed by atoms with Crippen LogP contribution in [0.3, 0.4) is 0 Å². The summed E-state index contributed by atoms with van der Waals surface area (Å²) in [6.45, 7) is 1.86. The highest BCUT2D eigenvalue weighted by Crippen LogP contribution is 2.30. The van der Waals surface area contributed by atoms with Gasteiger partial charge in [0, 0.05) is 13.1 Å². The lowest BCUT2D eigenvalue weighted by atomic mass is 10.0. The third kappa shape index (κ3) is 4.20. The van der Waals surface area contributed by atoms with Gasteiger partial charge >= 0.3 is 0 Å². The maximum Gasteiger partial charge on any atom is 0.111 e. The van der Waals surface area contributed by atoms with Crippen molar-refractivity contribution in [3.8, 4) is 0 Å². The van der Waals surface area contributed by atoms with Gasteiger partial charge in [-0.2, -0.15) is 0 Å². The second-order valence-electron chi connectivity index (χ2n) is 6.05. The van der Waals surface area contributed by atoms with E-state index in [1.54, 1.807) is 0 Å². The van der Waals surface area contributed by atoms with E-state index in [9.17, 15) is 5.11 Å². The highest BCUT2D eigenvalue weighted by molar-refractivity contribution is 5.29. The third-order valence-corrected chi connectivity index (χ3v) is 4.44. The molecule has 23 heavy (non-hydrogen) atoms. The molecule has 3 heteroatoms. The summed E-state index contributed by atoms with van der Waals surface area (Å²) in [7, 11) is 0. The Morgan fingerprint density at radius 1 is 0.957 bits per heavy atom. The predicted octanol–water partition coefficient (Wildman–Crippen LogP) is 3.60. The summed E-state index contributed by atoms with van der Waals surface area (Å²) in [4.78, 5) is 2.27. The molecule has 0 aromatic heterocycles. The lowest BCUT2D eigenvalue weighted by Gasteiger charge is -2.37. The summed E-state index contributed by atoms with van der Waals surface area (Å²) in [5.74, 6) is 0. The minimum Gasteiger partial charge on any atom is -0.395 e. The van der Waals surface area contributed by atoms with E-state index in [1.807, 2.05) is 12.1 Å². The second-order valence-corrected chi connectivity index (χ2v) is 6.05. The quantitative estimate of drug-likeness (QED) is 0.885. The molecule has 0 spiro atoms. The summed E-state index contributed by atoms with van der Waals surface area (Å²) < 4.78 is 6.54. The Hall–Kier alpha value is -1.68. The molecule has 0 bridgehead atoms. The van der Waals surface area contributed by atoms with Crippen LogP contribution in [0, 0.1) is 0 Å². The Morgan fingerprint density at radius 3 is 2.13 bits per heavy atom. The van der Waals surface area contributed by atoms with E-state index < -0.39 is 0 Å². The van der Waals surface area contributed by atoms with Crippen LogP contribution in [0.1, 0.15) is 36.5 Å². The Labute approximate surface area is 138 Å². The fraction of sp³-hybridized carbons (Fsp3) is 0.400. The molecule has 0 saturated carbocycles. The van der Waals surface area contributed by atoms with Gasteiger partial charge in [-0.15, -0.1) is 0 Å². The maximum absolute atomic E-state index is 9.31. The summed E-state index contributed by atoms with van der Waals surface area (Å²) >= 11 is 0. The SMILES string of the molecule is OCCN1CCCCC1OC(c1ccccc1)c1ccccc1. The van der Waals surface area contributed by atoms with Gasteiger partial charge < -0.3 is 9.84 Å². The number of rotatable bonds is 6. The van der Waals surface area contributed by atoms with Gasteiger partial charge in [-0.25, -0.2) is 0 Å². The van der Waals surface area contributed by atoms with Crippen molar-refractivity contribution in [2.24, 2.45) is 0 Å². The van der Waals surface area contributed by atoms with Gasteiger partial charge in [0.15, 0.2) is 0 Å². The van der Waals surface area contributed by atoms with E-state index in [-0.39, 0.29) is 18.9 Å². The number of nitrogens with zero attached hydrogens (tertiary/aromatic N) is 1. The lowest BCUT2D eigenvalue weighted by Crippen LogP contribution is -2.43. The van der Waals surface area contributed by atoms with Crippen LogP contribution in [0.4, 0.5) is 0 Å². The monoisotopic (exact) mass is 311 g/mol. The number of aliphatic hydroxyl groups excluding tert-OH is 1. The van der Waals surface area contributed by atoms with Gasteiger partial charge in [0.2, 0.25) is 0 Å². The first-order valence-corrected chi connectivity index (χ1v) is 8.49. The molecule has 0 amide bonds. The average Bonchev–Trinajstić information content (AvgIpc) is 2.63. The Kier molecular flexibility index (Phi) is 5.81. The van der Waals surface area contributed by atoms with Crippen molar-refractivity contribution in [3.63, 3.8) is 0 Å². The van der Waals surface area contributed by atoms with Gasteiger partial charge in [0.1, 0.15) is 12.3 Å². The van der Waals surface area contributed by atoms with Gasteiger partial charge in [0.25, 0.3) is 0 Å². The third-order valence-electron chi connectivity index (χ3n) is 4.44. The highest BCUT2D eigenvalue weighted by Gasteiger charge is 2.27. The van der Waals surface area contributed by atoms with Crippen molar-refractivity contribution in [1.29, 1.82) is 0 Å². The van der Waals surface area contributed by atoms with Crippen LogP contribution in [0.5, 0.6) is 0 Å². The fourth-order valence-corrected chi connectivity index (χ4v) is 3.26. The minimum atomic E-state index is -0.0679. The van der Waals surface area contributed by atoms with E-state index in [1.165, 1.54) is 24.0 Å². The van der Waals surface area contributed by atoms with Crippen molar-refractivity contribution >= 4 is 0 Å². The van der Waals surface area contributed by atoms with E-state index in [4.69, 9.17) is 4.74 Å². The number of β-amino-alcohol motifs (C(OH)–C–C–N with tert-alkyl or cyclic N) is 1. The topological polar surface area (TPSA) is 32.7 Å². The lowest BCUT2D eigenvalue weighted by molar-refractivity contribution is -0.109. The second kappa shape index (κ2) is 8.25. The molecule has 1 aliphatic heterocycles. The zero-order chi connectivity index (χ0) is 15.9. The average molecular weight is 311 g/mol. The van der Waals surface area contributed by atoms with Crippen LogP contribution in [-0.2, 0) is 4.74 Å². The number of likely N-dealkylation sites (tertiary alicyclic amines) is 1. The molecule has 3 rings (SSSR count). The van der Waals surface area contributed by atoms with Crippen LogP contribution in [-0.4, -0.2) is 35.9 Å². The van der Waals surface area contributed by atoms with E-state index in [2.05, 4.69) is 53.4 Å². The molecule has 122 valence electrons. The number of benzene rings is 2. The van der Waals surface area contributed by atoms with Gasteiger partial charge in [-0.3, -0.25) is 4.90 Å². The van der Waals surface area contributed by atoms with Crippen molar-refractivity contribution in [2.45, 2.75) is 31.6 Å². The summed E-state index contributed by atoms with van der Waals surface area (Å²) in [5, 5.41) is 9.31. The molecule has 1 fully saturated rings. The molecule has 1 heterocycles. The molecular weight excluding hydrogens is 286 g/mol. The van der Waals surface area contributed by atoms with Crippen LogP contribution < -0.4 is 0 Å². The van der Waals surface area contributed by atoms with Crippen molar-refractivity contribution in [3.05, 3.63) is 71.8 Å². The molecule has 0 radical (unpaired) electrons. The number of hydrogen-bond acceptors (Lipinski definition) is 3. The van der Waals surface area contributed by atoms with Crippen molar-refractivity contribution in [2.75, 3.05) is 19.7 Å². The van der Waals surface area contributed by atoms with Crippen molar-refractivity contribution in [1.82, 2.24) is 4.90 Å². The molecule has 1 atom stereocenters. The Balaban J connectivity index is 1.84. The molecule has 1 saturated heterocycles. The van der Waals surface area contributed by atoms with Crippen LogP contribution in [0.2, 0.25) is 0 Å². The summed E-state index contributed by atoms with van der Waals surface area (Å²) in [6, 6.07) is 20.8. The maximum atomic E-state index is 9.31. The number of aliphatic hydroxyl groups is 1. The van der Waals surface area contributed by atoms with Gasteiger partial charge in [-0.05, 0) is 30.4 Å². The Morgan fingerprint density at radius 2 is 1.57 bits per heavy atom. The summed E-state index contributed by atoms with van der Waals surface area (Å²) in [5.41, 5.74) is 2.35. The van der Waals surface area contributed by atoms with E-state index >= 15 is 0 Å². The first kappa shape index (κ1) is 16.2. The molecular formula is C20H25NO2. The van der Waals surface area contributed by atoms with Crippen LogP contribution in [0.25, 0.3) is 0 Å². The smallest absolute Gasteiger partial charge is 0.111 e. The van der Waals surface area contributed by atoms with E-state index in [0.29, 0.717) is 6.54 Å².